The molecule has 4 nitrogen and oxygen atoms in total. The van der Waals surface area contributed by atoms with Crippen LogP contribution in [0.2, 0.25) is 0 Å². The minimum Gasteiger partial charge on any atom is -0.497 e. The highest BCUT2D eigenvalue weighted by Gasteiger charge is 2.10. The van der Waals surface area contributed by atoms with Gasteiger partial charge in [0, 0.05) is 38.3 Å². The molecular weight excluding hydrogens is 320 g/mol. The van der Waals surface area contributed by atoms with Crippen molar-refractivity contribution in [3.05, 3.63) is 54.1 Å². The molecule has 0 aliphatic rings. The molecule has 2 rings (SSSR count). The maximum Gasteiger partial charge on any atom is 0.232 e. The average molecular weight is 344 g/mol. The molecule has 0 heterocycles. The number of thioether (sulfide) groups is 1. The van der Waals surface area contributed by atoms with E-state index in [2.05, 4.69) is 29.2 Å². The van der Waals surface area contributed by atoms with Crippen molar-refractivity contribution in [3.63, 3.8) is 0 Å². The molecule has 0 unspecified atom stereocenters. The van der Waals surface area contributed by atoms with Gasteiger partial charge < -0.3 is 14.5 Å². The fraction of sp³-hybridized carbons (Fsp3) is 0.316. The van der Waals surface area contributed by atoms with Crippen molar-refractivity contribution in [2.75, 3.05) is 38.9 Å². The van der Waals surface area contributed by atoms with Crippen LogP contribution in [0.15, 0.2) is 53.4 Å². The summed E-state index contributed by atoms with van der Waals surface area (Å²) in [5, 5.41) is 0. The van der Waals surface area contributed by atoms with Crippen LogP contribution in [0.4, 0.5) is 5.69 Å². The lowest BCUT2D eigenvalue weighted by Gasteiger charge is -2.18. The lowest BCUT2D eigenvalue weighted by molar-refractivity contribution is -0.127. The number of carbonyl (C=O) groups is 1. The Morgan fingerprint density at radius 2 is 1.62 bits per heavy atom. The molecule has 0 spiro atoms. The third-order valence-electron chi connectivity index (χ3n) is 3.72. The molecule has 5 heteroatoms. The Morgan fingerprint density at radius 3 is 2.17 bits per heavy atom. The first-order valence-electron chi connectivity index (χ1n) is 7.76. The summed E-state index contributed by atoms with van der Waals surface area (Å²) in [6.07, 6.45) is 0. The topological polar surface area (TPSA) is 32.8 Å². The summed E-state index contributed by atoms with van der Waals surface area (Å²) in [5.41, 5.74) is 2.29. The van der Waals surface area contributed by atoms with Crippen LogP contribution in [-0.4, -0.2) is 44.8 Å². The summed E-state index contributed by atoms with van der Waals surface area (Å²) in [5.74, 6) is 1.37. The summed E-state index contributed by atoms with van der Waals surface area (Å²) >= 11 is 1.54. The molecule has 0 aliphatic heterocycles. The monoisotopic (exact) mass is 344 g/mol. The van der Waals surface area contributed by atoms with Crippen molar-refractivity contribution >= 4 is 23.4 Å². The summed E-state index contributed by atoms with van der Waals surface area (Å²) in [6, 6.07) is 16.0. The van der Waals surface area contributed by atoms with Crippen molar-refractivity contribution in [2.24, 2.45) is 0 Å². The zero-order valence-corrected chi connectivity index (χ0v) is 15.5. The second-order valence-electron chi connectivity index (χ2n) is 5.77. The molecule has 0 atom stereocenters. The second-order valence-corrected chi connectivity index (χ2v) is 6.82. The maximum atomic E-state index is 12.3. The van der Waals surface area contributed by atoms with E-state index in [0.29, 0.717) is 12.3 Å². The van der Waals surface area contributed by atoms with Crippen LogP contribution in [0.3, 0.4) is 0 Å². The highest BCUT2D eigenvalue weighted by Crippen LogP contribution is 2.22. The zero-order valence-electron chi connectivity index (χ0n) is 14.7. The van der Waals surface area contributed by atoms with Crippen LogP contribution in [0.25, 0.3) is 0 Å². The third-order valence-corrected chi connectivity index (χ3v) is 4.72. The lowest BCUT2D eigenvalue weighted by atomic mass is 10.2. The van der Waals surface area contributed by atoms with Gasteiger partial charge in [0.15, 0.2) is 0 Å². The van der Waals surface area contributed by atoms with Gasteiger partial charge in [0.1, 0.15) is 5.75 Å². The average Bonchev–Trinajstić information content (AvgIpc) is 2.60. The van der Waals surface area contributed by atoms with E-state index in [0.717, 1.165) is 21.9 Å². The first kappa shape index (κ1) is 18.2. The zero-order chi connectivity index (χ0) is 17.5. The van der Waals surface area contributed by atoms with Crippen LogP contribution in [0, 0.1) is 0 Å². The van der Waals surface area contributed by atoms with Crippen molar-refractivity contribution in [2.45, 2.75) is 11.4 Å². The largest absolute Gasteiger partial charge is 0.497 e. The van der Waals surface area contributed by atoms with E-state index in [9.17, 15) is 4.79 Å². The molecule has 0 N–H and O–H groups in total. The van der Waals surface area contributed by atoms with Gasteiger partial charge in [-0.05, 0) is 42.0 Å². The van der Waals surface area contributed by atoms with Crippen molar-refractivity contribution in [1.82, 2.24) is 4.90 Å². The van der Waals surface area contributed by atoms with Crippen LogP contribution in [-0.2, 0) is 11.3 Å². The Kier molecular flexibility index (Phi) is 6.55. The minimum atomic E-state index is 0.118. The van der Waals surface area contributed by atoms with E-state index in [4.69, 9.17) is 4.74 Å². The Bertz CT molecular complexity index is 654. The van der Waals surface area contributed by atoms with Gasteiger partial charge >= 0.3 is 0 Å². The smallest absolute Gasteiger partial charge is 0.232 e. The number of ether oxygens (including phenoxy) is 1. The van der Waals surface area contributed by atoms with Gasteiger partial charge in [-0.2, -0.15) is 0 Å². The summed E-state index contributed by atoms with van der Waals surface area (Å²) in [7, 11) is 7.52. The predicted octanol–water partition coefficient (Wildman–Crippen LogP) is 3.51. The molecule has 0 aliphatic carbocycles. The standard InChI is InChI=1S/C19H24N2O2S/c1-20(2)16-7-5-15(6-8-16)13-21(3)19(22)14-24-18-11-9-17(23-4)10-12-18/h5-12H,13-14H2,1-4H3. The van der Waals surface area contributed by atoms with Gasteiger partial charge in [0.2, 0.25) is 5.91 Å². The molecule has 0 saturated carbocycles. The van der Waals surface area contributed by atoms with Crippen molar-refractivity contribution in [3.8, 4) is 5.75 Å². The molecular formula is C19H24N2O2S. The number of hydrogen-bond acceptors (Lipinski definition) is 4. The van der Waals surface area contributed by atoms with Gasteiger partial charge in [-0.3, -0.25) is 4.79 Å². The quantitative estimate of drug-likeness (QED) is 0.720. The summed E-state index contributed by atoms with van der Waals surface area (Å²) in [4.78, 5) is 17.2. The first-order chi connectivity index (χ1) is 11.5. The Morgan fingerprint density at radius 1 is 1.00 bits per heavy atom. The number of carbonyl (C=O) groups excluding carboxylic acids is 1. The highest BCUT2D eigenvalue weighted by atomic mass is 32.2. The number of hydrogen-bond donors (Lipinski definition) is 0. The molecule has 24 heavy (non-hydrogen) atoms. The molecule has 0 fully saturated rings. The van der Waals surface area contributed by atoms with E-state index < -0.39 is 0 Å². The Balaban J connectivity index is 1.84. The number of amides is 1. The summed E-state index contributed by atoms with van der Waals surface area (Å²) < 4.78 is 5.14. The first-order valence-corrected chi connectivity index (χ1v) is 8.75. The molecule has 2 aromatic rings. The number of methoxy groups -OCH3 is 1. The van der Waals surface area contributed by atoms with E-state index in [-0.39, 0.29) is 5.91 Å². The minimum absolute atomic E-state index is 0.118. The number of nitrogens with zero attached hydrogens (tertiary/aromatic N) is 2. The lowest BCUT2D eigenvalue weighted by Crippen LogP contribution is -2.27. The molecule has 0 radical (unpaired) electrons. The van der Waals surface area contributed by atoms with Gasteiger partial charge in [-0.1, -0.05) is 12.1 Å². The Labute approximate surface area is 148 Å². The summed E-state index contributed by atoms with van der Waals surface area (Å²) in [6.45, 7) is 0.621. The van der Waals surface area contributed by atoms with E-state index in [1.807, 2.05) is 45.4 Å². The number of benzene rings is 2. The van der Waals surface area contributed by atoms with Crippen LogP contribution >= 0.6 is 11.8 Å². The van der Waals surface area contributed by atoms with E-state index in [1.54, 1.807) is 12.0 Å². The van der Waals surface area contributed by atoms with Gasteiger partial charge in [-0.15, -0.1) is 11.8 Å². The van der Waals surface area contributed by atoms with Crippen LogP contribution < -0.4 is 9.64 Å². The SMILES string of the molecule is COc1ccc(SCC(=O)N(C)Cc2ccc(N(C)C)cc2)cc1. The number of rotatable bonds is 7. The van der Waals surface area contributed by atoms with Crippen molar-refractivity contribution in [1.29, 1.82) is 0 Å². The fourth-order valence-electron chi connectivity index (χ4n) is 2.19. The Hall–Kier alpha value is -2.14. The third kappa shape index (κ3) is 5.20. The van der Waals surface area contributed by atoms with Crippen molar-refractivity contribution < 1.29 is 9.53 Å². The maximum absolute atomic E-state index is 12.3. The van der Waals surface area contributed by atoms with Gasteiger partial charge in [0.05, 0.1) is 12.9 Å². The molecule has 0 saturated heterocycles. The normalized spacial score (nSPS) is 10.3. The van der Waals surface area contributed by atoms with E-state index in [1.165, 1.54) is 11.8 Å². The molecule has 2 aromatic carbocycles. The highest BCUT2D eigenvalue weighted by molar-refractivity contribution is 8.00. The van der Waals surface area contributed by atoms with Crippen LogP contribution in [0.5, 0.6) is 5.75 Å². The molecule has 0 bridgehead atoms. The molecule has 128 valence electrons. The van der Waals surface area contributed by atoms with Crippen LogP contribution in [0.1, 0.15) is 5.56 Å². The van der Waals surface area contributed by atoms with E-state index >= 15 is 0 Å². The number of anilines is 1. The molecule has 0 aromatic heterocycles. The van der Waals surface area contributed by atoms with Gasteiger partial charge in [0.25, 0.3) is 0 Å². The van der Waals surface area contributed by atoms with Gasteiger partial charge in [-0.25, -0.2) is 0 Å². The fourth-order valence-corrected chi connectivity index (χ4v) is 3.03. The molecule has 1 amide bonds. The predicted molar refractivity (Wildman–Crippen MR) is 101 cm³/mol. The second kappa shape index (κ2) is 8.64.